The van der Waals surface area contributed by atoms with Crippen LogP contribution in [0.1, 0.15) is 5.56 Å². The number of thiocarbonyl (C=S) groups is 1. The first-order chi connectivity index (χ1) is 9.63. The van der Waals surface area contributed by atoms with E-state index < -0.39 is 0 Å². The fourth-order valence-electron chi connectivity index (χ4n) is 2.27. The maximum atomic E-state index is 5.78. The van der Waals surface area contributed by atoms with Crippen molar-refractivity contribution in [3.63, 3.8) is 0 Å². The Bertz CT molecular complexity index is 427. The molecule has 0 unspecified atom stereocenters. The summed E-state index contributed by atoms with van der Waals surface area (Å²) in [4.78, 5) is 5.33. The summed E-state index contributed by atoms with van der Waals surface area (Å²) >= 11 is 4.90. The Balaban J connectivity index is 1.70. The molecule has 2 rings (SSSR count). The van der Waals surface area contributed by atoms with Crippen LogP contribution in [-0.4, -0.2) is 61.2 Å². The standard InChI is InChI=1S/C15H23N3OS/c1-17-6-8-18(9-7-17)10-11-19-14-4-2-13(3-5-14)12-15(16)20/h2-5H,6-12H2,1H3,(H2,16,20). The largest absolute Gasteiger partial charge is 0.492 e. The van der Waals surface area contributed by atoms with Gasteiger partial charge in [-0.25, -0.2) is 0 Å². The van der Waals surface area contributed by atoms with Crippen LogP contribution in [0.2, 0.25) is 0 Å². The monoisotopic (exact) mass is 293 g/mol. The molecule has 1 heterocycles. The van der Waals surface area contributed by atoms with E-state index in [9.17, 15) is 0 Å². The summed E-state index contributed by atoms with van der Waals surface area (Å²) in [6.07, 6.45) is 0.650. The number of hydrogen-bond donors (Lipinski definition) is 1. The van der Waals surface area contributed by atoms with E-state index in [1.807, 2.05) is 24.3 Å². The zero-order chi connectivity index (χ0) is 14.4. The summed E-state index contributed by atoms with van der Waals surface area (Å²) in [7, 11) is 2.17. The Morgan fingerprint density at radius 3 is 2.45 bits per heavy atom. The Hall–Kier alpha value is -1.17. The molecule has 110 valence electrons. The minimum atomic E-state index is 0.522. The zero-order valence-corrected chi connectivity index (χ0v) is 12.9. The molecule has 1 aromatic carbocycles. The third-order valence-corrected chi connectivity index (χ3v) is 3.72. The molecule has 0 radical (unpaired) electrons. The quantitative estimate of drug-likeness (QED) is 0.797. The molecule has 1 saturated heterocycles. The van der Waals surface area contributed by atoms with Gasteiger partial charge in [0.05, 0.1) is 4.99 Å². The van der Waals surface area contributed by atoms with Crippen LogP contribution in [0.5, 0.6) is 5.75 Å². The van der Waals surface area contributed by atoms with E-state index >= 15 is 0 Å². The van der Waals surface area contributed by atoms with Gasteiger partial charge in [0.15, 0.2) is 0 Å². The van der Waals surface area contributed by atoms with Crippen molar-refractivity contribution in [3.05, 3.63) is 29.8 Å². The van der Waals surface area contributed by atoms with Gasteiger partial charge in [-0.2, -0.15) is 0 Å². The lowest BCUT2D eigenvalue weighted by Gasteiger charge is -2.32. The average molecular weight is 293 g/mol. The highest BCUT2D eigenvalue weighted by Crippen LogP contribution is 2.12. The van der Waals surface area contributed by atoms with Crippen LogP contribution in [0, 0.1) is 0 Å². The normalized spacial score (nSPS) is 17.1. The number of ether oxygens (including phenoxy) is 1. The third-order valence-electron chi connectivity index (χ3n) is 3.57. The zero-order valence-electron chi connectivity index (χ0n) is 12.0. The van der Waals surface area contributed by atoms with E-state index in [0.717, 1.165) is 50.6 Å². The number of piperazine rings is 1. The highest BCUT2D eigenvalue weighted by atomic mass is 32.1. The summed E-state index contributed by atoms with van der Waals surface area (Å²) in [5.74, 6) is 0.908. The van der Waals surface area contributed by atoms with Gasteiger partial charge in [0.1, 0.15) is 12.4 Å². The molecule has 0 aliphatic carbocycles. The molecular formula is C15H23N3OS. The van der Waals surface area contributed by atoms with E-state index in [-0.39, 0.29) is 0 Å². The summed E-state index contributed by atoms with van der Waals surface area (Å²) in [6, 6.07) is 8.00. The lowest BCUT2D eigenvalue weighted by atomic mass is 10.1. The maximum absolute atomic E-state index is 5.78. The molecule has 0 saturated carbocycles. The van der Waals surface area contributed by atoms with Crippen molar-refractivity contribution in [3.8, 4) is 5.75 Å². The second kappa shape index (κ2) is 7.57. The van der Waals surface area contributed by atoms with Gasteiger partial charge < -0.3 is 15.4 Å². The van der Waals surface area contributed by atoms with Crippen molar-refractivity contribution in [1.82, 2.24) is 9.80 Å². The van der Waals surface area contributed by atoms with Gasteiger partial charge in [-0.1, -0.05) is 24.4 Å². The fraction of sp³-hybridized carbons (Fsp3) is 0.533. The summed E-state index contributed by atoms with van der Waals surface area (Å²) in [5.41, 5.74) is 6.65. The van der Waals surface area contributed by atoms with E-state index in [1.54, 1.807) is 0 Å². The van der Waals surface area contributed by atoms with Gasteiger partial charge >= 0.3 is 0 Å². The first kappa shape index (κ1) is 15.2. The van der Waals surface area contributed by atoms with Crippen molar-refractivity contribution >= 4 is 17.2 Å². The van der Waals surface area contributed by atoms with Gasteiger partial charge in [0, 0.05) is 39.1 Å². The molecule has 0 atom stereocenters. The van der Waals surface area contributed by atoms with E-state index in [4.69, 9.17) is 22.7 Å². The minimum Gasteiger partial charge on any atom is -0.492 e. The highest BCUT2D eigenvalue weighted by Gasteiger charge is 2.13. The van der Waals surface area contributed by atoms with Gasteiger partial charge in [0.2, 0.25) is 0 Å². The third kappa shape index (κ3) is 5.07. The lowest BCUT2D eigenvalue weighted by molar-refractivity contribution is 0.134. The van der Waals surface area contributed by atoms with Crippen molar-refractivity contribution in [2.45, 2.75) is 6.42 Å². The molecule has 0 amide bonds. The SMILES string of the molecule is CN1CCN(CCOc2ccc(CC(N)=S)cc2)CC1. The number of benzene rings is 1. The van der Waals surface area contributed by atoms with Crippen molar-refractivity contribution in [1.29, 1.82) is 0 Å². The molecule has 5 heteroatoms. The molecular weight excluding hydrogens is 270 g/mol. The predicted octanol–water partition coefficient (Wildman–Crippen LogP) is 1.14. The van der Waals surface area contributed by atoms with E-state index in [2.05, 4.69) is 16.8 Å². The van der Waals surface area contributed by atoms with Gasteiger partial charge in [-0.05, 0) is 24.7 Å². The van der Waals surface area contributed by atoms with Crippen LogP contribution >= 0.6 is 12.2 Å². The Morgan fingerprint density at radius 1 is 1.20 bits per heavy atom. The number of nitrogens with two attached hydrogens (primary N) is 1. The predicted molar refractivity (Wildman–Crippen MR) is 86.4 cm³/mol. The molecule has 1 fully saturated rings. The Labute approximate surface area is 126 Å². The van der Waals surface area contributed by atoms with Crippen LogP contribution in [0.3, 0.4) is 0 Å². The van der Waals surface area contributed by atoms with Crippen LogP contribution in [-0.2, 0) is 6.42 Å². The smallest absolute Gasteiger partial charge is 0.119 e. The number of likely N-dealkylation sites (N-methyl/N-ethyl adjacent to an activating group) is 1. The van der Waals surface area contributed by atoms with E-state index in [1.165, 1.54) is 0 Å². The number of nitrogens with zero attached hydrogens (tertiary/aromatic N) is 2. The molecule has 0 spiro atoms. The fourth-order valence-corrected chi connectivity index (χ4v) is 2.44. The average Bonchev–Trinajstić information content (AvgIpc) is 2.42. The van der Waals surface area contributed by atoms with E-state index in [0.29, 0.717) is 11.4 Å². The molecule has 20 heavy (non-hydrogen) atoms. The van der Waals surface area contributed by atoms with Crippen LogP contribution in [0.4, 0.5) is 0 Å². The molecule has 2 N–H and O–H groups in total. The second-order valence-corrected chi connectivity index (χ2v) is 5.80. The number of hydrogen-bond acceptors (Lipinski definition) is 4. The van der Waals surface area contributed by atoms with Crippen LogP contribution in [0.25, 0.3) is 0 Å². The molecule has 4 nitrogen and oxygen atoms in total. The highest BCUT2D eigenvalue weighted by molar-refractivity contribution is 7.80. The van der Waals surface area contributed by atoms with Crippen molar-refractivity contribution < 1.29 is 4.74 Å². The molecule has 0 bridgehead atoms. The first-order valence-electron chi connectivity index (χ1n) is 7.04. The Kier molecular flexibility index (Phi) is 5.76. The summed E-state index contributed by atoms with van der Waals surface area (Å²) < 4.78 is 5.78. The van der Waals surface area contributed by atoms with Gasteiger partial charge in [-0.3, -0.25) is 4.90 Å². The topological polar surface area (TPSA) is 41.7 Å². The molecule has 0 aromatic heterocycles. The van der Waals surface area contributed by atoms with Crippen molar-refractivity contribution in [2.75, 3.05) is 46.4 Å². The second-order valence-electron chi connectivity index (χ2n) is 5.28. The maximum Gasteiger partial charge on any atom is 0.119 e. The van der Waals surface area contributed by atoms with Gasteiger partial charge in [-0.15, -0.1) is 0 Å². The summed E-state index contributed by atoms with van der Waals surface area (Å²) in [6.45, 7) is 6.28. The Morgan fingerprint density at radius 2 is 1.85 bits per heavy atom. The molecule has 1 aliphatic heterocycles. The van der Waals surface area contributed by atoms with Gasteiger partial charge in [0.25, 0.3) is 0 Å². The van der Waals surface area contributed by atoms with Crippen molar-refractivity contribution in [2.24, 2.45) is 5.73 Å². The summed E-state index contributed by atoms with van der Waals surface area (Å²) in [5, 5.41) is 0. The lowest BCUT2D eigenvalue weighted by Crippen LogP contribution is -2.45. The molecule has 1 aliphatic rings. The minimum absolute atomic E-state index is 0.522. The molecule has 1 aromatic rings. The van der Waals surface area contributed by atoms with Crippen LogP contribution in [0.15, 0.2) is 24.3 Å². The first-order valence-corrected chi connectivity index (χ1v) is 7.45. The van der Waals surface area contributed by atoms with Crippen LogP contribution < -0.4 is 10.5 Å². The number of rotatable bonds is 6.